The molecular weight excluding hydrogens is 254 g/mol. The Kier molecular flexibility index (Phi) is 5.38. The third-order valence-electron chi connectivity index (χ3n) is 3.63. The minimum Gasteiger partial charge on any atom is -0.409 e. The number of hydrogen-bond donors (Lipinski definition) is 2. The molecule has 1 aliphatic heterocycles. The van der Waals surface area contributed by atoms with Crippen molar-refractivity contribution in [1.82, 2.24) is 4.90 Å². The molecule has 5 nitrogen and oxygen atoms in total. The molecule has 1 aromatic carbocycles. The van der Waals surface area contributed by atoms with E-state index in [1.165, 1.54) is 18.4 Å². The molecule has 0 aromatic heterocycles. The highest BCUT2D eigenvalue weighted by Gasteiger charge is 2.15. The van der Waals surface area contributed by atoms with E-state index in [0.717, 1.165) is 31.9 Å². The second-order valence-corrected chi connectivity index (χ2v) is 5.46. The SMILES string of the molecule is CN(Cc1ccc(C(N)=NO)cc1)CC1CCCOC1. The zero-order valence-electron chi connectivity index (χ0n) is 12.0. The number of nitrogens with zero attached hydrogens (tertiary/aromatic N) is 2. The van der Waals surface area contributed by atoms with E-state index in [9.17, 15) is 0 Å². The van der Waals surface area contributed by atoms with Gasteiger partial charge >= 0.3 is 0 Å². The van der Waals surface area contributed by atoms with Crippen molar-refractivity contribution >= 4 is 5.84 Å². The van der Waals surface area contributed by atoms with Crippen LogP contribution in [0.25, 0.3) is 0 Å². The van der Waals surface area contributed by atoms with Crippen molar-refractivity contribution in [3.63, 3.8) is 0 Å². The summed E-state index contributed by atoms with van der Waals surface area (Å²) in [5.74, 6) is 0.787. The molecule has 1 fully saturated rings. The molecule has 110 valence electrons. The molecule has 1 unspecified atom stereocenters. The predicted octanol–water partition coefficient (Wildman–Crippen LogP) is 1.64. The zero-order chi connectivity index (χ0) is 14.4. The van der Waals surface area contributed by atoms with E-state index in [0.29, 0.717) is 5.92 Å². The maximum atomic E-state index is 8.63. The molecule has 1 aromatic rings. The largest absolute Gasteiger partial charge is 0.409 e. The Balaban J connectivity index is 1.85. The quantitative estimate of drug-likeness (QED) is 0.371. The lowest BCUT2D eigenvalue weighted by atomic mass is 10.0. The van der Waals surface area contributed by atoms with Crippen molar-refractivity contribution in [3.8, 4) is 0 Å². The van der Waals surface area contributed by atoms with Gasteiger partial charge in [0, 0.05) is 25.3 Å². The molecule has 3 N–H and O–H groups in total. The molecule has 0 bridgehead atoms. The summed E-state index contributed by atoms with van der Waals surface area (Å²) in [7, 11) is 2.13. The lowest BCUT2D eigenvalue weighted by molar-refractivity contribution is 0.0411. The first-order chi connectivity index (χ1) is 9.69. The summed E-state index contributed by atoms with van der Waals surface area (Å²) in [4.78, 5) is 2.32. The average Bonchev–Trinajstić information content (AvgIpc) is 2.48. The number of amidine groups is 1. The highest BCUT2D eigenvalue weighted by atomic mass is 16.5. The molecule has 1 saturated heterocycles. The van der Waals surface area contributed by atoms with Gasteiger partial charge in [-0.15, -0.1) is 0 Å². The van der Waals surface area contributed by atoms with Crippen LogP contribution in [-0.2, 0) is 11.3 Å². The van der Waals surface area contributed by atoms with Crippen LogP contribution in [0.15, 0.2) is 29.4 Å². The van der Waals surface area contributed by atoms with Crippen LogP contribution in [-0.4, -0.2) is 42.7 Å². The average molecular weight is 277 g/mol. The van der Waals surface area contributed by atoms with Crippen molar-refractivity contribution in [3.05, 3.63) is 35.4 Å². The number of nitrogens with two attached hydrogens (primary N) is 1. The number of ether oxygens (including phenoxy) is 1. The Morgan fingerprint density at radius 1 is 1.45 bits per heavy atom. The molecule has 1 atom stereocenters. The van der Waals surface area contributed by atoms with E-state index >= 15 is 0 Å². The van der Waals surface area contributed by atoms with Crippen LogP contribution in [0.5, 0.6) is 0 Å². The second kappa shape index (κ2) is 7.26. The Hall–Kier alpha value is -1.59. The summed E-state index contributed by atoms with van der Waals surface area (Å²) in [5.41, 5.74) is 7.50. The molecule has 2 rings (SSSR count). The highest BCUT2D eigenvalue weighted by Crippen LogP contribution is 2.15. The van der Waals surface area contributed by atoms with Crippen molar-refractivity contribution in [2.24, 2.45) is 16.8 Å². The van der Waals surface area contributed by atoms with Crippen molar-refractivity contribution in [1.29, 1.82) is 0 Å². The normalized spacial score (nSPS) is 20.3. The van der Waals surface area contributed by atoms with Crippen LogP contribution in [0.3, 0.4) is 0 Å². The van der Waals surface area contributed by atoms with Crippen LogP contribution in [0.1, 0.15) is 24.0 Å². The van der Waals surface area contributed by atoms with Gasteiger partial charge in [0.25, 0.3) is 0 Å². The number of hydrogen-bond acceptors (Lipinski definition) is 4. The van der Waals surface area contributed by atoms with Crippen molar-refractivity contribution in [2.45, 2.75) is 19.4 Å². The van der Waals surface area contributed by atoms with Crippen molar-refractivity contribution in [2.75, 3.05) is 26.8 Å². The fraction of sp³-hybridized carbons (Fsp3) is 0.533. The first-order valence-electron chi connectivity index (χ1n) is 7.02. The fourth-order valence-electron chi connectivity index (χ4n) is 2.61. The van der Waals surface area contributed by atoms with Gasteiger partial charge in [0.2, 0.25) is 0 Å². The van der Waals surface area contributed by atoms with Crippen LogP contribution >= 0.6 is 0 Å². The smallest absolute Gasteiger partial charge is 0.170 e. The molecule has 5 heteroatoms. The Labute approximate surface area is 120 Å². The molecule has 0 saturated carbocycles. The Morgan fingerprint density at radius 3 is 2.80 bits per heavy atom. The molecular formula is C15H23N3O2. The second-order valence-electron chi connectivity index (χ2n) is 5.46. The summed E-state index contributed by atoms with van der Waals surface area (Å²) in [6.45, 7) is 3.75. The monoisotopic (exact) mass is 277 g/mol. The van der Waals surface area contributed by atoms with Gasteiger partial charge < -0.3 is 20.6 Å². The molecule has 0 aliphatic carbocycles. The third kappa shape index (κ3) is 4.21. The van der Waals surface area contributed by atoms with Gasteiger partial charge in [0.1, 0.15) is 0 Å². The van der Waals surface area contributed by atoms with Gasteiger partial charge in [-0.1, -0.05) is 29.4 Å². The molecule has 1 aliphatic rings. The molecule has 20 heavy (non-hydrogen) atoms. The topological polar surface area (TPSA) is 71.1 Å². The fourth-order valence-corrected chi connectivity index (χ4v) is 2.61. The van der Waals surface area contributed by atoms with Gasteiger partial charge in [-0.2, -0.15) is 0 Å². The Morgan fingerprint density at radius 2 is 2.20 bits per heavy atom. The summed E-state index contributed by atoms with van der Waals surface area (Å²) in [6.07, 6.45) is 2.43. The minimum atomic E-state index is 0.143. The third-order valence-corrected chi connectivity index (χ3v) is 3.63. The minimum absolute atomic E-state index is 0.143. The van der Waals surface area contributed by atoms with Gasteiger partial charge in [-0.05, 0) is 31.4 Å². The molecule has 0 amide bonds. The van der Waals surface area contributed by atoms with Gasteiger partial charge in [-0.25, -0.2) is 0 Å². The summed E-state index contributed by atoms with van der Waals surface area (Å²) >= 11 is 0. The lowest BCUT2D eigenvalue weighted by Gasteiger charge is -2.27. The van der Waals surface area contributed by atoms with Crippen LogP contribution in [0.2, 0.25) is 0 Å². The van der Waals surface area contributed by atoms with Crippen LogP contribution in [0.4, 0.5) is 0 Å². The highest BCUT2D eigenvalue weighted by molar-refractivity contribution is 5.96. The van der Waals surface area contributed by atoms with Gasteiger partial charge in [0.15, 0.2) is 5.84 Å². The maximum absolute atomic E-state index is 8.63. The summed E-state index contributed by atoms with van der Waals surface area (Å²) in [5, 5.41) is 11.6. The maximum Gasteiger partial charge on any atom is 0.170 e. The van der Waals surface area contributed by atoms with Crippen LogP contribution < -0.4 is 5.73 Å². The first kappa shape index (κ1) is 14.8. The standard InChI is InChI=1S/C15H23N3O2/c1-18(10-13-3-2-8-20-11-13)9-12-4-6-14(7-5-12)15(16)17-19/h4-7,13,19H,2-3,8-11H2,1H3,(H2,16,17). The summed E-state index contributed by atoms with van der Waals surface area (Å²) < 4.78 is 5.51. The first-order valence-corrected chi connectivity index (χ1v) is 7.02. The number of benzene rings is 1. The van der Waals surface area contributed by atoms with E-state index in [1.807, 2.05) is 24.3 Å². The number of rotatable bonds is 5. The van der Waals surface area contributed by atoms with Gasteiger partial charge in [-0.3, -0.25) is 0 Å². The van der Waals surface area contributed by atoms with E-state index < -0.39 is 0 Å². The van der Waals surface area contributed by atoms with Gasteiger partial charge in [0.05, 0.1) is 6.61 Å². The molecule has 0 spiro atoms. The van der Waals surface area contributed by atoms with E-state index in [1.54, 1.807) is 0 Å². The van der Waals surface area contributed by atoms with Crippen molar-refractivity contribution < 1.29 is 9.94 Å². The molecule has 0 radical (unpaired) electrons. The number of oxime groups is 1. The van der Waals surface area contributed by atoms with E-state index in [4.69, 9.17) is 15.7 Å². The lowest BCUT2D eigenvalue weighted by Crippen LogP contribution is -2.30. The summed E-state index contributed by atoms with van der Waals surface area (Å²) in [6, 6.07) is 7.78. The van der Waals surface area contributed by atoms with E-state index in [2.05, 4.69) is 17.1 Å². The Bertz CT molecular complexity index is 439. The predicted molar refractivity (Wildman–Crippen MR) is 78.8 cm³/mol. The van der Waals surface area contributed by atoms with E-state index in [-0.39, 0.29) is 5.84 Å². The molecule has 1 heterocycles. The van der Waals surface area contributed by atoms with Crippen LogP contribution in [0, 0.1) is 5.92 Å². The zero-order valence-corrected chi connectivity index (χ0v) is 12.0.